The third-order valence-corrected chi connectivity index (χ3v) is 7.31. The van der Waals surface area contributed by atoms with Gasteiger partial charge in [-0.1, -0.05) is 43.2 Å². The first kappa shape index (κ1) is 25.2. The zero-order chi connectivity index (χ0) is 25.5. The van der Waals surface area contributed by atoms with Crippen LogP contribution in [0.4, 0.5) is 0 Å². The molecule has 2 N–H and O–H groups in total. The minimum Gasteiger partial charge on any atom is -0.379 e. The second-order valence-corrected chi connectivity index (χ2v) is 9.78. The van der Waals surface area contributed by atoms with Gasteiger partial charge in [0.1, 0.15) is 11.7 Å². The Morgan fingerprint density at radius 1 is 1.03 bits per heavy atom. The zero-order valence-corrected chi connectivity index (χ0v) is 21.1. The number of H-pyrrole nitrogens is 1. The largest absolute Gasteiger partial charge is 0.379 e. The molecule has 3 aromatic rings. The molecule has 0 unspecified atom stereocenters. The summed E-state index contributed by atoms with van der Waals surface area (Å²) in [4.78, 5) is 39.3. The van der Waals surface area contributed by atoms with Crippen molar-refractivity contribution < 1.29 is 14.3 Å². The molecular formula is C29H35N5O3. The van der Waals surface area contributed by atoms with E-state index in [1.807, 2.05) is 54.6 Å². The van der Waals surface area contributed by atoms with E-state index in [1.54, 1.807) is 17.3 Å². The fourth-order valence-electron chi connectivity index (χ4n) is 5.25. The van der Waals surface area contributed by atoms with Gasteiger partial charge in [-0.25, -0.2) is 0 Å². The Kier molecular flexibility index (Phi) is 8.28. The van der Waals surface area contributed by atoms with Crippen molar-refractivity contribution in [2.75, 3.05) is 39.4 Å². The third kappa shape index (κ3) is 6.26. The van der Waals surface area contributed by atoms with Gasteiger partial charge in [-0.05, 0) is 48.2 Å². The molecule has 2 aliphatic rings. The molecule has 3 heterocycles. The van der Waals surface area contributed by atoms with E-state index in [1.165, 1.54) is 0 Å². The van der Waals surface area contributed by atoms with Crippen molar-refractivity contribution in [1.29, 1.82) is 0 Å². The van der Waals surface area contributed by atoms with Crippen LogP contribution in [0.2, 0.25) is 0 Å². The van der Waals surface area contributed by atoms with E-state index >= 15 is 0 Å². The smallest absolute Gasteiger partial charge is 0.271 e. The number of benzene rings is 1. The number of hydrogen-bond donors (Lipinski definition) is 2. The van der Waals surface area contributed by atoms with E-state index in [-0.39, 0.29) is 17.9 Å². The van der Waals surface area contributed by atoms with Gasteiger partial charge in [-0.15, -0.1) is 0 Å². The van der Waals surface area contributed by atoms with Gasteiger partial charge in [0.15, 0.2) is 0 Å². The van der Waals surface area contributed by atoms with Crippen LogP contribution in [0.1, 0.15) is 47.8 Å². The molecule has 2 amide bonds. The summed E-state index contributed by atoms with van der Waals surface area (Å²) in [5.41, 5.74) is 3.10. The van der Waals surface area contributed by atoms with Gasteiger partial charge >= 0.3 is 0 Å². The predicted molar refractivity (Wildman–Crippen MR) is 142 cm³/mol. The Bertz CT molecular complexity index is 1150. The molecule has 0 spiro atoms. The number of amides is 2. The maximum Gasteiger partial charge on any atom is 0.271 e. The van der Waals surface area contributed by atoms with Crippen molar-refractivity contribution in [1.82, 2.24) is 25.1 Å². The number of carbonyl (C=O) groups is 2. The van der Waals surface area contributed by atoms with Crippen molar-refractivity contribution in [2.45, 2.75) is 37.8 Å². The van der Waals surface area contributed by atoms with Crippen LogP contribution in [0.15, 0.2) is 67.0 Å². The molecule has 1 aliphatic heterocycles. The summed E-state index contributed by atoms with van der Waals surface area (Å²) in [6, 6.07) is 16.7. The first-order valence-corrected chi connectivity index (χ1v) is 13.2. The highest BCUT2D eigenvalue weighted by atomic mass is 16.5. The minimum absolute atomic E-state index is 0.136. The van der Waals surface area contributed by atoms with E-state index in [4.69, 9.17) is 4.74 Å². The summed E-state index contributed by atoms with van der Waals surface area (Å²) in [6.45, 7) is 4.08. The normalized spacial score (nSPS) is 17.4. The van der Waals surface area contributed by atoms with Crippen molar-refractivity contribution in [2.24, 2.45) is 0 Å². The lowest BCUT2D eigenvalue weighted by molar-refractivity contribution is -0.126. The van der Waals surface area contributed by atoms with Gasteiger partial charge in [0.05, 0.1) is 13.2 Å². The van der Waals surface area contributed by atoms with Crippen LogP contribution < -0.4 is 5.32 Å². The highest BCUT2D eigenvalue weighted by Crippen LogP contribution is 2.26. The van der Waals surface area contributed by atoms with Crippen LogP contribution in [-0.2, 0) is 9.53 Å². The van der Waals surface area contributed by atoms with Crippen LogP contribution in [0.5, 0.6) is 0 Å². The SMILES string of the molecule is O=C(NC1CCCC1)[C@@H](c1ccncc1)N(CCN1CCOCC1)C(=O)c1ccc(-c2ccccc2)[nH]1. The van der Waals surface area contributed by atoms with Crippen molar-refractivity contribution in [3.8, 4) is 11.3 Å². The highest BCUT2D eigenvalue weighted by Gasteiger charge is 2.34. The number of carbonyl (C=O) groups excluding carboxylic acids is 2. The molecule has 1 aliphatic carbocycles. The van der Waals surface area contributed by atoms with Crippen molar-refractivity contribution >= 4 is 11.8 Å². The Morgan fingerprint density at radius 3 is 2.49 bits per heavy atom. The van der Waals surface area contributed by atoms with Gasteiger partial charge in [0.2, 0.25) is 5.91 Å². The topological polar surface area (TPSA) is 90.6 Å². The average Bonchev–Trinajstić information content (AvgIpc) is 3.65. The highest BCUT2D eigenvalue weighted by molar-refractivity contribution is 5.97. The number of nitrogens with one attached hydrogen (secondary N) is 2. The van der Waals surface area contributed by atoms with E-state index < -0.39 is 6.04 Å². The summed E-state index contributed by atoms with van der Waals surface area (Å²) < 4.78 is 5.50. The van der Waals surface area contributed by atoms with Crippen LogP contribution in [0, 0.1) is 0 Å². The fraction of sp³-hybridized carbons (Fsp3) is 0.414. The Labute approximate surface area is 218 Å². The molecule has 2 fully saturated rings. The molecule has 8 nitrogen and oxygen atoms in total. The van der Waals surface area contributed by atoms with E-state index in [9.17, 15) is 9.59 Å². The number of hydrogen-bond acceptors (Lipinski definition) is 5. The number of ether oxygens (including phenoxy) is 1. The standard InChI is InChI=1S/C29H35N5O3/c35-28(31-24-8-4-5-9-24)27(23-12-14-30-15-13-23)34(17-16-33-18-20-37-21-19-33)29(36)26-11-10-25(32-26)22-6-2-1-3-7-22/h1-3,6-7,10-15,24,27,32H,4-5,8-9,16-21H2,(H,31,35)/t27-/m1/s1. The third-order valence-electron chi connectivity index (χ3n) is 7.31. The summed E-state index contributed by atoms with van der Waals surface area (Å²) in [6.07, 6.45) is 7.56. The Balaban J connectivity index is 1.45. The first-order valence-electron chi connectivity index (χ1n) is 13.2. The van der Waals surface area contributed by atoms with E-state index in [0.717, 1.165) is 55.6 Å². The Morgan fingerprint density at radius 2 is 1.76 bits per heavy atom. The molecule has 194 valence electrons. The van der Waals surface area contributed by atoms with Crippen LogP contribution >= 0.6 is 0 Å². The molecule has 1 atom stereocenters. The lowest BCUT2D eigenvalue weighted by Gasteiger charge is -2.34. The number of nitrogens with zero attached hydrogens (tertiary/aromatic N) is 3. The quantitative estimate of drug-likeness (QED) is 0.467. The van der Waals surface area contributed by atoms with Crippen LogP contribution in [0.25, 0.3) is 11.3 Å². The van der Waals surface area contributed by atoms with Crippen LogP contribution in [-0.4, -0.2) is 77.0 Å². The minimum atomic E-state index is -0.749. The summed E-state index contributed by atoms with van der Waals surface area (Å²) in [5.74, 6) is -0.331. The molecule has 2 aromatic heterocycles. The Hall–Kier alpha value is -3.49. The average molecular weight is 502 g/mol. The first-order chi connectivity index (χ1) is 18.2. The summed E-state index contributed by atoms with van der Waals surface area (Å²) >= 11 is 0. The van der Waals surface area contributed by atoms with Crippen molar-refractivity contribution in [3.05, 3.63) is 78.2 Å². The molecule has 37 heavy (non-hydrogen) atoms. The van der Waals surface area contributed by atoms with Gasteiger partial charge in [-0.3, -0.25) is 19.5 Å². The molecule has 5 rings (SSSR count). The number of rotatable bonds is 9. The monoisotopic (exact) mass is 501 g/mol. The van der Waals surface area contributed by atoms with E-state index in [0.29, 0.717) is 32.0 Å². The van der Waals surface area contributed by atoms with Crippen molar-refractivity contribution in [3.63, 3.8) is 0 Å². The molecule has 1 aromatic carbocycles. The van der Waals surface area contributed by atoms with E-state index in [2.05, 4.69) is 20.2 Å². The number of aromatic amines is 1. The molecule has 1 saturated heterocycles. The number of morpholine rings is 1. The fourth-order valence-corrected chi connectivity index (χ4v) is 5.25. The molecule has 1 saturated carbocycles. The molecule has 8 heteroatoms. The lowest BCUT2D eigenvalue weighted by Crippen LogP contribution is -2.49. The second kappa shape index (κ2) is 12.2. The maximum atomic E-state index is 14.1. The zero-order valence-electron chi connectivity index (χ0n) is 21.1. The lowest BCUT2D eigenvalue weighted by atomic mass is 10.0. The number of aromatic nitrogens is 2. The van der Waals surface area contributed by atoms with Gasteiger partial charge in [0, 0.05) is 50.3 Å². The predicted octanol–water partition coefficient (Wildman–Crippen LogP) is 3.65. The number of pyridine rings is 1. The van der Waals surface area contributed by atoms with Gasteiger partial charge in [-0.2, -0.15) is 0 Å². The molecule has 0 radical (unpaired) electrons. The van der Waals surface area contributed by atoms with Gasteiger partial charge < -0.3 is 19.9 Å². The second-order valence-electron chi connectivity index (χ2n) is 9.78. The molecule has 0 bridgehead atoms. The summed E-state index contributed by atoms with van der Waals surface area (Å²) in [7, 11) is 0. The molecular weight excluding hydrogens is 466 g/mol. The van der Waals surface area contributed by atoms with Gasteiger partial charge in [0.25, 0.3) is 5.91 Å². The summed E-state index contributed by atoms with van der Waals surface area (Å²) in [5, 5.41) is 3.24. The van der Waals surface area contributed by atoms with Crippen LogP contribution in [0.3, 0.4) is 0 Å². The maximum absolute atomic E-state index is 14.1.